The molecule has 1 atom stereocenters. The number of amides is 1. The molecule has 0 saturated heterocycles. The van der Waals surface area contributed by atoms with Crippen LogP contribution in [0.25, 0.3) is 0 Å². The normalized spacial score (nSPS) is 12.5. The summed E-state index contributed by atoms with van der Waals surface area (Å²) in [4.78, 5) is 11.4. The number of carbonyl (C=O) groups excluding carboxylic acids is 1. The van der Waals surface area contributed by atoms with Crippen LogP contribution in [0.2, 0.25) is 0 Å². The number of hydrogen-bond donors (Lipinski definition) is 3. The van der Waals surface area contributed by atoms with E-state index in [9.17, 15) is 4.79 Å². The molecule has 0 rings (SSSR count). The molecule has 1 unspecified atom stereocenters. The van der Waals surface area contributed by atoms with Gasteiger partial charge in [0.25, 0.3) is 0 Å². The first-order valence-corrected chi connectivity index (χ1v) is 6.66. The number of carbonyl (C=O) groups is 1. The van der Waals surface area contributed by atoms with Crippen LogP contribution in [0.4, 0.5) is 0 Å². The average Bonchev–Trinajstić information content (AvgIpc) is 2.14. The lowest BCUT2D eigenvalue weighted by atomic mass is 10.0. The first kappa shape index (κ1) is 15.3. The smallest absolute Gasteiger partial charge is 0.230 e. The van der Waals surface area contributed by atoms with E-state index in [0.29, 0.717) is 0 Å². The molecule has 0 saturated carbocycles. The summed E-state index contributed by atoms with van der Waals surface area (Å²) >= 11 is 1.06. The summed E-state index contributed by atoms with van der Waals surface area (Å²) in [6.45, 7) is 6.41. The Balaban J connectivity index is 3.57. The first-order chi connectivity index (χ1) is 7.41. The van der Waals surface area contributed by atoms with Crippen LogP contribution in [-0.2, 0) is 4.79 Å². The quantitative estimate of drug-likeness (QED) is 0.474. The van der Waals surface area contributed by atoms with Crippen molar-refractivity contribution in [1.82, 2.24) is 5.32 Å². The minimum atomic E-state index is -0.0442. The predicted octanol–water partition coefficient (Wildman–Crippen LogP) is 1.94. The molecule has 0 aliphatic heterocycles. The van der Waals surface area contributed by atoms with Crippen molar-refractivity contribution < 1.29 is 4.79 Å². The maximum atomic E-state index is 11.4. The van der Waals surface area contributed by atoms with Crippen LogP contribution in [0.3, 0.4) is 0 Å². The van der Waals surface area contributed by atoms with Crippen LogP contribution in [0.1, 0.15) is 40.0 Å². The predicted molar refractivity (Wildman–Crippen MR) is 70.7 cm³/mol. The Hall–Kier alpha value is -0.710. The molecule has 0 aromatic rings. The van der Waals surface area contributed by atoms with Gasteiger partial charge in [-0.15, -0.1) is 0 Å². The van der Waals surface area contributed by atoms with Crippen molar-refractivity contribution >= 4 is 22.8 Å². The van der Waals surface area contributed by atoms with Crippen LogP contribution in [0.15, 0.2) is 0 Å². The Bertz CT molecular complexity index is 231. The van der Waals surface area contributed by atoms with Crippen LogP contribution < -0.4 is 11.1 Å². The molecular weight excluding hydrogens is 222 g/mol. The molecule has 0 radical (unpaired) electrons. The molecule has 16 heavy (non-hydrogen) atoms. The standard InChI is InChI=1S/C11H23N3OS/c1-8(2)5-4-6-9(3)14-10(15)7-16-11(12)13/h8-9H,4-7H2,1-3H3,(H3,12,13)(H,14,15). The van der Waals surface area contributed by atoms with Crippen molar-refractivity contribution in [3.05, 3.63) is 0 Å². The van der Waals surface area contributed by atoms with Crippen molar-refractivity contribution in [2.75, 3.05) is 5.75 Å². The van der Waals surface area contributed by atoms with Gasteiger partial charge in [-0.25, -0.2) is 0 Å². The van der Waals surface area contributed by atoms with Gasteiger partial charge in [-0.1, -0.05) is 38.5 Å². The Labute approximate surface area is 102 Å². The van der Waals surface area contributed by atoms with Crippen LogP contribution in [-0.4, -0.2) is 22.9 Å². The lowest BCUT2D eigenvalue weighted by Crippen LogP contribution is -2.34. The highest BCUT2D eigenvalue weighted by molar-refractivity contribution is 8.14. The fraction of sp³-hybridized carbons (Fsp3) is 0.818. The number of rotatable bonds is 7. The van der Waals surface area contributed by atoms with Crippen molar-refractivity contribution in [3.63, 3.8) is 0 Å². The highest BCUT2D eigenvalue weighted by Crippen LogP contribution is 2.08. The van der Waals surface area contributed by atoms with Crippen LogP contribution in [0, 0.1) is 11.3 Å². The molecule has 1 amide bonds. The van der Waals surface area contributed by atoms with E-state index in [0.717, 1.165) is 30.5 Å². The Kier molecular flexibility index (Phi) is 8.07. The number of thioether (sulfide) groups is 1. The van der Waals surface area contributed by atoms with E-state index in [-0.39, 0.29) is 22.9 Å². The fourth-order valence-corrected chi connectivity index (χ4v) is 1.73. The summed E-state index contributed by atoms with van der Waals surface area (Å²) in [6.07, 6.45) is 3.34. The van der Waals surface area contributed by atoms with E-state index < -0.39 is 0 Å². The Morgan fingerprint density at radius 2 is 2.00 bits per heavy atom. The molecule has 0 spiro atoms. The Morgan fingerprint density at radius 3 is 2.50 bits per heavy atom. The minimum absolute atomic E-state index is 0.0115. The molecule has 0 aromatic heterocycles. The van der Waals surface area contributed by atoms with E-state index in [4.69, 9.17) is 11.1 Å². The third-order valence-electron chi connectivity index (χ3n) is 2.18. The van der Waals surface area contributed by atoms with E-state index in [1.165, 1.54) is 6.42 Å². The molecule has 0 aliphatic carbocycles. The lowest BCUT2D eigenvalue weighted by Gasteiger charge is -2.14. The zero-order valence-electron chi connectivity index (χ0n) is 10.4. The van der Waals surface area contributed by atoms with Gasteiger partial charge in [-0.2, -0.15) is 0 Å². The van der Waals surface area contributed by atoms with Gasteiger partial charge in [0, 0.05) is 6.04 Å². The maximum absolute atomic E-state index is 11.4. The van der Waals surface area contributed by atoms with E-state index in [2.05, 4.69) is 19.2 Å². The monoisotopic (exact) mass is 245 g/mol. The highest BCUT2D eigenvalue weighted by Gasteiger charge is 2.08. The molecule has 5 heteroatoms. The average molecular weight is 245 g/mol. The van der Waals surface area contributed by atoms with E-state index in [1.54, 1.807) is 0 Å². The molecular formula is C11H23N3OS. The number of hydrogen-bond acceptors (Lipinski definition) is 3. The summed E-state index contributed by atoms with van der Waals surface area (Å²) in [5, 5.41) is 9.87. The van der Waals surface area contributed by atoms with Gasteiger partial charge in [-0.05, 0) is 19.3 Å². The van der Waals surface area contributed by atoms with Crippen molar-refractivity contribution in [1.29, 1.82) is 5.41 Å². The number of amidine groups is 1. The van der Waals surface area contributed by atoms with Gasteiger partial charge in [0.15, 0.2) is 5.17 Å². The molecule has 94 valence electrons. The number of nitrogens with two attached hydrogens (primary N) is 1. The van der Waals surface area contributed by atoms with E-state index in [1.807, 2.05) is 6.92 Å². The third-order valence-corrected chi connectivity index (χ3v) is 2.90. The first-order valence-electron chi connectivity index (χ1n) is 5.68. The molecule has 0 aromatic carbocycles. The zero-order valence-corrected chi connectivity index (χ0v) is 11.2. The summed E-state index contributed by atoms with van der Waals surface area (Å²) in [5.74, 6) is 0.914. The van der Waals surface area contributed by atoms with Gasteiger partial charge >= 0.3 is 0 Å². The van der Waals surface area contributed by atoms with Crippen LogP contribution in [0.5, 0.6) is 0 Å². The summed E-state index contributed by atoms with van der Waals surface area (Å²) < 4.78 is 0. The molecule has 0 fully saturated rings. The molecule has 4 N–H and O–H groups in total. The summed E-state index contributed by atoms with van der Waals surface area (Å²) in [7, 11) is 0. The second-order valence-electron chi connectivity index (χ2n) is 4.45. The van der Waals surface area contributed by atoms with Gasteiger partial charge in [-0.3, -0.25) is 10.2 Å². The van der Waals surface area contributed by atoms with Gasteiger partial charge in [0.1, 0.15) is 0 Å². The largest absolute Gasteiger partial charge is 0.379 e. The molecule has 4 nitrogen and oxygen atoms in total. The van der Waals surface area contributed by atoms with Gasteiger partial charge in [0.05, 0.1) is 5.75 Å². The Morgan fingerprint density at radius 1 is 1.38 bits per heavy atom. The van der Waals surface area contributed by atoms with Crippen molar-refractivity contribution in [3.8, 4) is 0 Å². The van der Waals surface area contributed by atoms with E-state index >= 15 is 0 Å². The summed E-state index contributed by atoms with van der Waals surface area (Å²) in [5.41, 5.74) is 5.15. The molecule has 0 aliphatic rings. The third kappa shape index (κ3) is 9.83. The lowest BCUT2D eigenvalue weighted by molar-refractivity contribution is -0.119. The second kappa shape index (κ2) is 8.44. The zero-order chi connectivity index (χ0) is 12.6. The number of nitrogens with one attached hydrogen (secondary N) is 2. The fourth-order valence-electron chi connectivity index (χ4n) is 1.36. The van der Waals surface area contributed by atoms with Crippen molar-refractivity contribution in [2.45, 2.75) is 46.1 Å². The van der Waals surface area contributed by atoms with Gasteiger partial charge < -0.3 is 11.1 Å². The second-order valence-corrected chi connectivity index (χ2v) is 5.46. The molecule has 0 heterocycles. The van der Waals surface area contributed by atoms with Gasteiger partial charge in [0.2, 0.25) is 5.91 Å². The topological polar surface area (TPSA) is 79.0 Å². The maximum Gasteiger partial charge on any atom is 0.230 e. The highest BCUT2D eigenvalue weighted by atomic mass is 32.2. The van der Waals surface area contributed by atoms with Crippen molar-refractivity contribution in [2.24, 2.45) is 11.7 Å². The minimum Gasteiger partial charge on any atom is -0.379 e. The molecule has 0 bridgehead atoms. The van der Waals surface area contributed by atoms with Crippen LogP contribution >= 0.6 is 11.8 Å². The summed E-state index contributed by atoms with van der Waals surface area (Å²) in [6, 6.07) is 0.207. The SMILES string of the molecule is CC(C)CCCC(C)NC(=O)CSC(=N)N.